The number of rotatable bonds is 5. The number of nitrogens with zero attached hydrogens (tertiary/aromatic N) is 2. The number of sulfonamides is 1. The van der Waals surface area contributed by atoms with Gasteiger partial charge in [-0.3, -0.25) is 14.9 Å². The van der Waals surface area contributed by atoms with Crippen molar-refractivity contribution in [3.8, 4) is 0 Å². The Hall–Kier alpha value is -3.23. The molecule has 0 aromatic heterocycles. The number of carbonyl (C=O) groups excluding carboxylic acids is 1. The Morgan fingerprint density at radius 3 is 2.04 bits per heavy atom. The number of hydrogen-bond acceptors (Lipinski definition) is 5. The lowest BCUT2D eigenvalue weighted by molar-refractivity contribution is -0.384. The van der Waals surface area contributed by atoms with Crippen LogP contribution in [0.2, 0.25) is 5.02 Å². The van der Waals surface area contributed by atoms with E-state index in [9.17, 15) is 23.3 Å². The standard InChI is InChI=1S/C19H13ClN2O5S/c20-18-13-15(22(24)25)11-12-17(18)19(23)21(14-7-3-1-4-8-14)28(26,27)16-9-5-2-6-10-16/h1-13H. The van der Waals surface area contributed by atoms with Crippen molar-refractivity contribution in [1.29, 1.82) is 0 Å². The van der Waals surface area contributed by atoms with Gasteiger partial charge in [0.15, 0.2) is 0 Å². The molecule has 0 heterocycles. The second kappa shape index (κ2) is 7.79. The van der Waals surface area contributed by atoms with Gasteiger partial charge in [0.05, 0.1) is 26.1 Å². The number of carbonyl (C=O) groups is 1. The van der Waals surface area contributed by atoms with Gasteiger partial charge in [0.2, 0.25) is 0 Å². The molecule has 0 saturated heterocycles. The summed E-state index contributed by atoms with van der Waals surface area (Å²) < 4.78 is 27.0. The maximum absolute atomic E-state index is 13.2. The SMILES string of the molecule is O=C(c1ccc([N+](=O)[O-])cc1Cl)N(c1ccccc1)S(=O)(=O)c1ccccc1. The van der Waals surface area contributed by atoms with E-state index in [-0.39, 0.29) is 26.9 Å². The number of nitro benzene ring substituents is 1. The quantitative estimate of drug-likeness (QED) is 0.456. The fourth-order valence-corrected chi connectivity index (χ4v) is 4.21. The Kier molecular flexibility index (Phi) is 5.43. The van der Waals surface area contributed by atoms with Crippen LogP contribution in [0.3, 0.4) is 0 Å². The monoisotopic (exact) mass is 416 g/mol. The Balaban J connectivity index is 2.16. The van der Waals surface area contributed by atoms with Crippen molar-refractivity contribution >= 4 is 38.9 Å². The maximum Gasteiger partial charge on any atom is 0.273 e. The molecule has 7 nitrogen and oxygen atoms in total. The number of amides is 1. The number of non-ortho nitro benzene ring substituents is 1. The highest BCUT2D eigenvalue weighted by molar-refractivity contribution is 7.93. The third-order valence-corrected chi connectivity index (χ3v) is 5.89. The molecule has 0 unspecified atom stereocenters. The van der Waals surface area contributed by atoms with Gasteiger partial charge < -0.3 is 0 Å². The van der Waals surface area contributed by atoms with Gasteiger partial charge in [-0.2, -0.15) is 4.31 Å². The van der Waals surface area contributed by atoms with Crippen LogP contribution in [0, 0.1) is 10.1 Å². The van der Waals surface area contributed by atoms with Crippen LogP contribution in [-0.2, 0) is 10.0 Å². The third-order valence-electron chi connectivity index (χ3n) is 3.85. The van der Waals surface area contributed by atoms with Crippen LogP contribution < -0.4 is 4.31 Å². The summed E-state index contributed by atoms with van der Waals surface area (Å²) in [4.78, 5) is 23.3. The van der Waals surface area contributed by atoms with E-state index in [4.69, 9.17) is 11.6 Å². The lowest BCUT2D eigenvalue weighted by Crippen LogP contribution is -2.37. The Labute approximate surface area is 166 Å². The summed E-state index contributed by atoms with van der Waals surface area (Å²) >= 11 is 6.05. The van der Waals surface area contributed by atoms with Crippen LogP contribution in [0.15, 0.2) is 83.8 Å². The van der Waals surface area contributed by atoms with Crippen LogP contribution in [0.5, 0.6) is 0 Å². The Morgan fingerprint density at radius 2 is 1.50 bits per heavy atom. The molecule has 3 aromatic carbocycles. The van der Waals surface area contributed by atoms with Gasteiger partial charge in [0.25, 0.3) is 21.6 Å². The van der Waals surface area contributed by atoms with Crippen molar-refractivity contribution in [2.45, 2.75) is 4.90 Å². The van der Waals surface area contributed by atoms with E-state index in [0.29, 0.717) is 4.31 Å². The van der Waals surface area contributed by atoms with Gasteiger partial charge in [0, 0.05) is 12.1 Å². The number of para-hydroxylation sites is 1. The minimum absolute atomic E-state index is 0.0785. The number of halogens is 1. The molecule has 0 radical (unpaired) electrons. The van der Waals surface area contributed by atoms with Crippen LogP contribution in [0.25, 0.3) is 0 Å². The molecule has 9 heteroatoms. The average molecular weight is 417 g/mol. The number of hydrogen-bond donors (Lipinski definition) is 0. The summed E-state index contributed by atoms with van der Waals surface area (Å²) in [6.07, 6.45) is 0. The molecule has 0 spiro atoms. The summed E-state index contributed by atoms with van der Waals surface area (Å²) in [5.74, 6) is -0.921. The van der Waals surface area contributed by atoms with Gasteiger partial charge >= 0.3 is 0 Å². The Bertz CT molecular complexity index is 1140. The lowest BCUT2D eigenvalue weighted by atomic mass is 10.2. The van der Waals surface area contributed by atoms with E-state index in [1.807, 2.05) is 0 Å². The van der Waals surface area contributed by atoms with Crippen molar-refractivity contribution in [3.05, 3.63) is 99.6 Å². The normalized spacial score (nSPS) is 11.0. The molecule has 142 valence electrons. The molecule has 0 atom stereocenters. The molecule has 1 amide bonds. The van der Waals surface area contributed by atoms with E-state index >= 15 is 0 Å². The molecule has 0 saturated carbocycles. The van der Waals surface area contributed by atoms with Gasteiger partial charge in [-0.1, -0.05) is 48.0 Å². The summed E-state index contributed by atoms with van der Waals surface area (Å²) in [6.45, 7) is 0. The molecule has 0 N–H and O–H groups in total. The predicted molar refractivity (Wildman–Crippen MR) is 105 cm³/mol. The molecule has 0 bridgehead atoms. The average Bonchev–Trinajstić information content (AvgIpc) is 2.69. The smallest absolute Gasteiger partial charge is 0.268 e. The zero-order valence-electron chi connectivity index (χ0n) is 14.2. The molecule has 3 rings (SSSR count). The molecule has 0 fully saturated rings. The zero-order valence-corrected chi connectivity index (χ0v) is 15.8. The van der Waals surface area contributed by atoms with Crippen molar-refractivity contribution < 1.29 is 18.1 Å². The zero-order chi connectivity index (χ0) is 20.3. The summed E-state index contributed by atoms with van der Waals surface area (Å²) in [5.41, 5.74) is -0.361. The Morgan fingerprint density at radius 1 is 0.929 bits per heavy atom. The van der Waals surface area contributed by atoms with Crippen molar-refractivity contribution in [1.82, 2.24) is 0 Å². The second-order valence-electron chi connectivity index (χ2n) is 5.64. The van der Waals surface area contributed by atoms with E-state index in [1.54, 1.807) is 36.4 Å². The summed E-state index contributed by atoms with van der Waals surface area (Å²) in [7, 11) is -4.25. The first-order valence-corrected chi connectivity index (χ1v) is 9.78. The van der Waals surface area contributed by atoms with Gasteiger partial charge in [0.1, 0.15) is 0 Å². The topological polar surface area (TPSA) is 97.6 Å². The predicted octanol–water partition coefficient (Wildman–Crippen LogP) is 4.28. The van der Waals surface area contributed by atoms with E-state index in [1.165, 1.54) is 24.3 Å². The number of benzene rings is 3. The maximum atomic E-state index is 13.2. The van der Waals surface area contributed by atoms with E-state index in [2.05, 4.69) is 0 Å². The lowest BCUT2D eigenvalue weighted by Gasteiger charge is -2.23. The first-order chi connectivity index (χ1) is 13.3. The molecule has 28 heavy (non-hydrogen) atoms. The van der Waals surface area contributed by atoms with Crippen molar-refractivity contribution in [2.24, 2.45) is 0 Å². The minimum atomic E-state index is -4.25. The fourth-order valence-electron chi connectivity index (χ4n) is 2.53. The van der Waals surface area contributed by atoms with Gasteiger partial charge in [-0.05, 0) is 30.3 Å². The molecule has 0 aliphatic rings. The van der Waals surface area contributed by atoms with E-state index < -0.39 is 20.9 Å². The fraction of sp³-hybridized carbons (Fsp3) is 0. The molecule has 0 aliphatic heterocycles. The van der Waals surface area contributed by atoms with Crippen molar-refractivity contribution in [2.75, 3.05) is 4.31 Å². The first-order valence-electron chi connectivity index (χ1n) is 7.96. The van der Waals surface area contributed by atoms with Crippen LogP contribution in [-0.4, -0.2) is 19.2 Å². The van der Waals surface area contributed by atoms with Crippen LogP contribution >= 0.6 is 11.6 Å². The van der Waals surface area contributed by atoms with Crippen LogP contribution in [0.4, 0.5) is 11.4 Å². The molecule has 0 aliphatic carbocycles. The molecular weight excluding hydrogens is 404 g/mol. The van der Waals surface area contributed by atoms with Crippen molar-refractivity contribution in [3.63, 3.8) is 0 Å². The molecule has 3 aromatic rings. The number of anilines is 1. The highest BCUT2D eigenvalue weighted by atomic mass is 35.5. The highest BCUT2D eigenvalue weighted by Crippen LogP contribution is 2.29. The summed E-state index contributed by atoms with van der Waals surface area (Å²) in [6, 6.07) is 18.5. The van der Waals surface area contributed by atoms with Gasteiger partial charge in [-0.25, -0.2) is 8.42 Å². The minimum Gasteiger partial charge on any atom is -0.268 e. The second-order valence-corrected chi connectivity index (χ2v) is 7.84. The van der Waals surface area contributed by atoms with Crippen LogP contribution in [0.1, 0.15) is 10.4 Å². The van der Waals surface area contributed by atoms with E-state index in [0.717, 1.165) is 18.2 Å². The van der Waals surface area contributed by atoms with Gasteiger partial charge in [-0.15, -0.1) is 0 Å². The highest BCUT2D eigenvalue weighted by Gasteiger charge is 2.33. The molecular formula is C19H13ClN2O5S. The summed E-state index contributed by atoms with van der Waals surface area (Å²) in [5, 5.41) is 10.7. The number of nitro groups is 1. The third kappa shape index (κ3) is 3.73. The largest absolute Gasteiger partial charge is 0.273 e. The first kappa shape index (κ1) is 19.5.